The quantitative estimate of drug-likeness (QED) is 0.499. The molecule has 204 valence electrons. The van der Waals surface area contributed by atoms with E-state index in [0.717, 1.165) is 64.1 Å². The third kappa shape index (κ3) is 5.70. The molecule has 1 unspecified atom stereocenters. The van der Waals surface area contributed by atoms with Gasteiger partial charge in [0.15, 0.2) is 0 Å². The van der Waals surface area contributed by atoms with Crippen molar-refractivity contribution in [3.8, 4) is 5.75 Å². The second-order valence-corrected chi connectivity index (χ2v) is 11.0. The minimum atomic E-state index is -2.85. The van der Waals surface area contributed by atoms with Crippen LogP contribution in [0.5, 0.6) is 5.75 Å². The summed E-state index contributed by atoms with van der Waals surface area (Å²) in [5.41, 5.74) is 1.91. The van der Waals surface area contributed by atoms with Gasteiger partial charge in [0.2, 0.25) is 11.8 Å². The van der Waals surface area contributed by atoms with Gasteiger partial charge in [-0.15, -0.1) is 0 Å². The molecule has 0 aromatic heterocycles. The van der Waals surface area contributed by atoms with Crippen molar-refractivity contribution in [1.82, 2.24) is 14.7 Å². The Kier molecular flexibility index (Phi) is 7.98. The van der Waals surface area contributed by atoms with E-state index >= 15 is 0 Å². The van der Waals surface area contributed by atoms with Crippen molar-refractivity contribution in [3.63, 3.8) is 0 Å². The summed E-state index contributed by atoms with van der Waals surface area (Å²) in [6.45, 7) is 4.58. The van der Waals surface area contributed by atoms with Crippen molar-refractivity contribution in [3.05, 3.63) is 65.7 Å². The van der Waals surface area contributed by atoms with Gasteiger partial charge in [0.1, 0.15) is 5.75 Å². The Bertz CT molecular complexity index is 1100. The van der Waals surface area contributed by atoms with E-state index < -0.39 is 6.61 Å². The standard InChI is InChI=1S/C30H37F2N3O3/c1-2-27(36)35-20-24(26(21-35)23-6-4-3-5-7-23)19-33-15-12-30(13-16-33)14-17-34(28(30)37)18-22-8-10-25(11-9-22)38-29(31)32/h3-11,24,26,29H,2,12-21H2,1H3/t24?,26-/m1/s1. The van der Waals surface area contributed by atoms with E-state index in [1.165, 1.54) is 17.7 Å². The Morgan fingerprint density at radius 3 is 2.34 bits per heavy atom. The summed E-state index contributed by atoms with van der Waals surface area (Å²) in [5.74, 6) is 1.28. The molecule has 2 amide bonds. The lowest BCUT2D eigenvalue weighted by atomic mass is 9.76. The van der Waals surface area contributed by atoms with Gasteiger partial charge in [-0.05, 0) is 61.5 Å². The third-order valence-corrected chi connectivity index (χ3v) is 8.75. The lowest BCUT2D eigenvalue weighted by Crippen LogP contribution is -2.46. The van der Waals surface area contributed by atoms with Crippen molar-refractivity contribution in [2.75, 3.05) is 39.3 Å². The molecule has 38 heavy (non-hydrogen) atoms. The molecule has 0 radical (unpaired) electrons. The number of nitrogens with zero attached hydrogens (tertiary/aromatic N) is 3. The van der Waals surface area contributed by atoms with Gasteiger partial charge >= 0.3 is 6.61 Å². The lowest BCUT2D eigenvalue weighted by molar-refractivity contribution is -0.139. The minimum absolute atomic E-state index is 0.124. The van der Waals surface area contributed by atoms with Crippen LogP contribution in [0.2, 0.25) is 0 Å². The van der Waals surface area contributed by atoms with Crippen LogP contribution in [-0.4, -0.2) is 72.4 Å². The van der Waals surface area contributed by atoms with E-state index in [2.05, 4.69) is 33.9 Å². The van der Waals surface area contributed by atoms with E-state index in [1.807, 2.05) is 22.8 Å². The van der Waals surface area contributed by atoms with Gasteiger partial charge in [-0.3, -0.25) is 9.59 Å². The van der Waals surface area contributed by atoms with Crippen LogP contribution in [0.1, 0.15) is 49.7 Å². The van der Waals surface area contributed by atoms with Crippen molar-refractivity contribution in [2.24, 2.45) is 11.3 Å². The average Bonchev–Trinajstić information content (AvgIpc) is 3.48. The van der Waals surface area contributed by atoms with Gasteiger partial charge in [0.05, 0.1) is 5.41 Å². The Labute approximate surface area is 223 Å². The fourth-order valence-electron chi connectivity index (χ4n) is 6.56. The summed E-state index contributed by atoms with van der Waals surface area (Å²) in [7, 11) is 0. The number of hydrogen-bond acceptors (Lipinski definition) is 4. The first-order valence-corrected chi connectivity index (χ1v) is 13.7. The Morgan fingerprint density at radius 2 is 1.68 bits per heavy atom. The maximum absolute atomic E-state index is 13.5. The molecule has 5 rings (SSSR count). The van der Waals surface area contributed by atoms with Crippen LogP contribution in [0.3, 0.4) is 0 Å². The summed E-state index contributed by atoms with van der Waals surface area (Å²) in [4.78, 5) is 32.4. The van der Waals surface area contributed by atoms with Crippen LogP contribution in [0.15, 0.2) is 54.6 Å². The topological polar surface area (TPSA) is 53.1 Å². The van der Waals surface area contributed by atoms with E-state index in [9.17, 15) is 18.4 Å². The smallest absolute Gasteiger partial charge is 0.387 e. The summed E-state index contributed by atoms with van der Waals surface area (Å²) in [6, 6.07) is 17.1. The van der Waals surface area contributed by atoms with Gasteiger partial charge < -0.3 is 19.4 Å². The van der Waals surface area contributed by atoms with Crippen LogP contribution in [-0.2, 0) is 16.1 Å². The molecule has 1 spiro atoms. The van der Waals surface area contributed by atoms with Crippen LogP contribution in [0, 0.1) is 11.3 Å². The molecule has 0 aliphatic carbocycles. The number of likely N-dealkylation sites (tertiary alicyclic amines) is 3. The van der Waals surface area contributed by atoms with E-state index in [-0.39, 0.29) is 23.0 Å². The number of ether oxygens (including phenoxy) is 1. The summed E-state index contributed by atoms with van der Waals surface area (Å²) < 4.78 is 29.2. The van der Waals surface area contributed by atoms with E-state index in [1.54, 1.807) is 12.1 Å². The lowest BCUT2D eigenvalue weighted by Gasteiger charge is -2.39. The van der Waals surface area contributed by atoms with E-state index in [0.29, 0.717) is 24.8 Å². The van der Waals surface area contributed by atoms with Crippen molar-refractivity contribution >= 4 is 11.8 Å². The zero-order valence-corrected chi connectivity index (χ0v) is 22.0. The second kappa shape index (κ2) is 11.4. The monoisotopic (exact) mass is 525 g/mol. The fourth-order valence-corrected chi connectivity index (χ4v) is 6.56. The van der Waals surface area contributed by atoms with E-state index in [4.69, 9.17) is 0 Å². The number of hydrogen-bond donors (Lipinski definition) is 0. The molecule has 3 saturated heterocycles. The van der Waals surface area contributed by atoms with Crippen molar-refractivity contribution in [1.29, 1.82) is 0 Å². The largest absolute Gasteiger partial charge is 0.435 e. The van der Waals surface area contributed by atoms with Crippen molar-refractivity contribution < 1.29 is 23.1 Å². The first-order valence-electron chi connectivity index (χ1n) is 13.7. The highest BCUT2D eigenvalue weighted by Gasteiger charge is 2.48. The number of halogens is 2. The maximum Gasteiger partial charge on any atom is 0.387 e. The number of piperidine rings is 1. The number of amides is 2. The highest BCUT2D eigenvalue weighted by Crippen LogP contribution is 2.43. The zero-order chi connectivity index (χ0) is 26.7. The normalized spacial score (nSPS) is 23.5. The molecule has 3 fully saturated rings. The summed E-state index contributed by atoms with van der Waals surface area (Å²) >= 11 is 0. The molecule has 3 aliphatic rings. The predicted molar refractivity (Wildman–Crippen MR) is 141 cm³/mol. The second-order valence-electron chi connectivity index (χ2n) is 11.0. The average molecular weight is 526 g/mol. The third-order valence-electron chi connectivity index (χ3n) is 8.75. The fraction of sp³-hybridized carbons (Fsp3) is 0.533. The highest BCUT2D eigenvalue weighted by molar-refractivity contribution is 5.85. The molecule has 8 heteroatoms. The van der Waals surface area contributed by atoms with Crippen LogP contribution >= 0.6 is 0 Å². The van der Waals surface area contributed by atoms with Gasteiger partial charge in [-0.2, -0.15) is 8.78 Å². The SMILES string of the molecule is CCC(=O)N1CC(CN2CCC3(CC2)CCN(Cc2ccc(OC(F)F)cc2)C3=O)[C@@H](c2ccccc2)C1. The van der Waals surface area contributed by atoms with Gasteiger partial charge in [-0.25, -0.2) is 0 Å². The van der Waals surface area contributed by atoms with Crippen molar-refractivity contribution in [2.45, 2.75) is 51.7 Å². The molecule has 0 N–H and O–H groups in total. The molecule has 0 saturated carbocycles. The number of carbonyl (C=O) groups is 2. The molecule has 2 aromatic carbocycles. The first kappa shape index (κ1) is 26.6. The summed E-state index contributed by atoms with van der Waals surface area (Å²) in [5, 5.41) is 0. The Morgan fingerprint density at radius 1 is 1.00 bits per heavy atom. The van der Waals surface area contributed by atoms with Crippen LogP contribution < -0.4 is 4.74 Å². The molecule has 3 heterocycles. The molecule has 6 nitrogen and oxygen atoms in total. The number of benzene rings is 2. The first-order chi connectivity index (χ1) is 18.4. The number of alkyl halides is 2. The maximum atomic E-state index is 13.5. The molecular formula is C30H37F2N3O3. The Hall–Kier alpha value is -3.00. The number of rotatable bonds is 8. The Balaban J connectivity index is 1.17. The summed E-state index contributed by atoms with van der Waals surface area (Å²) in [6.07, 6.45) is 3.10. The molecule has 2 atom stereocenters. The van der Waals surface area contributed by atoms with Crippen LogP contribution in [0.4, 0.5) is 8.78 Å². The van der Waals surface area contributed by atoms with Gasteiger partial charge in [0, 0.05) is 45.1 Å². The molecule has 2 aromatic rings. The van der Waals surface area contributed by atoms with Crippen LogP contribution in [0.25, 0.3) is 0 Å². The highest BCUT2D eigenvalue weighted by atomic mass is 19.3. The number of carbonyl (C=O) groups excluding carboxylic acids is 2. The predicted octanol–water partition coefficient (Wildman–Crippen LogP) is 4.75. The van der Waals surface area contributed by atoms with Gasteiger partial charge in [-0.1, -0.05) is 49.4 Å². The molecule has 0 bridgehead atoms. The van der Waals surface area contributed by atoms with Gasteiger partial charge in [0.25, 0.3) is 0 Å². The zero-order valence-electron chi connectivity index (χ0n) is 22.0. The minimum Gasteiger partial charge on any atom is -0.435 e. The molecule has 3 aliphatic heterocycles. The molecular weight excluding hydrogens is 488 g/mol.